The zero-order valence-corrected chi connectivity index (χ0v) is 22.2. The van der Waals surface area contributed by atoms with Gasteiger partial charge in [-0.15, -0.1) is 0 Å². The van der Waals surface area contributed by atoms with E-state index >= 15 is 0 Å². The van der Waals surface area contributed by atoms with Crippen molar-refractivity contribution in [2.45, 2.75) is 107 Å². The highest BCUT2D eigenvalue weighted by molar-refractivity contribution is 5.73. The molecular weight excluding hydrogens is 548 g/mol. The van der Waals surface area contributed by atoms with Crippen LogP contribution in [0.4, 0.5) is 0 Å². The maximum absolute atomic E-state index is 11.9. The Morgan fingerprint density at radius 1 is 0.950 bits per heavy atom. The monoisotopic (exact) mass is 588 g/mol. The molecule has 17 nitrogen and oxygen atoms in total. The third-order valence-electron chi connectivity index (χ3n) is 6.49. The van der Waals surface area contributed by atoms with E-state index in [9.17, 15) is 55.5 Å². The molecule has 0 amide bonds. The number of hydrogen-bond acceptors (Lipinski definition) is 15. The molecule has 0 aromatic rings. The average molecular weight is 589 g/mol. The van der Waals surface area contributed by atoms with Crippen molar-refractivity contribution in [2.24, 2.45) is 5.92 Å². The number of hydrogen-bond donors (Lipinski definition) is 9. The van der Waals surface area contributed by atoms with Crippen LogP contribution in [0.1, 0.15) is 27.2 Å². The Hall–Kier alpha value is -1.58. The fraction of sp³-hybridized carbons (Fsp3) is 0.913. The van der Waals surface area contributed by atoms with Gasteiger partial charge in [-0.3, -0.25) is 0 Å². The molecule has 2 aliphatic heterocycles. The van der Waals surface area contributed by atoms with Crippen molar-refractivity contribution in [3.05, 3.63) is 0 Å². The van der Waals surface area contributed by atoms with Crippen molar-refractivity contribution >= 4 is 11.9 Å². The van der Waals surface area contributed by atoms with Gasteiger partial charge in [-0.1, -0.05) is 13.8 Å². The van der Waals surface area contributed by atoms with Crippen molar-refractivity contribution in [1.29, 1.82) is 0 Å². The summed E-state index contributed by atoms with van der Waals surface area (Å²) < 4.78 is 32.6. The largest absolute Gasteiger partial charge is 0.479 e. The van der Waals surface area contributed by atoms with Crippen LogP contribution < -0.4 is 0 Å². The highest BCUT2D eigenvalue weighted by atomic mass is 16.8. The average Bonchev–Trinajstić information content (AvgIpc) is 2.90. The Kier molecular flexibility index (Phi) is 13.5. The zero-order chi connectivity index (χ0) is 30.3. The second kappa shape index (κ2) is 15.6. The Morgan fingerprint density at radius 2 is 1.60 bits per heavy atom. The van der Waals surface area contributed by atoms with Crippen LogP contribution in [-0.4, -0.2) is 158 Å². The molecule has 2 saturated heterocycles. The number of aliphatic hydroxyl groups is 7. The summed E-state index contributed by atoms with van der Waals surface area (Å²) in [5.41, 5.74) is 0. The van der Waals surface area contributed by atoms with E-state index in [1.807, 2.05) is 0 Å². The summed E-state index contributed by atoms with van der Waals surface area (Å²) in [5, 5.41) is 89.7. The topological polar surface area (TPSA) is 272 Å². The van der Waals surface area contributed by atoms with Crippen LogP contribution in [0, 0.1) is 5.92 Å². The van der Waals surface area contributed by atoms with Crippen molar-refractivity contribution in [2.75, 3.05) is 19.8 Å². The molecule has 40 heavy (non-hydrogen) atoms. The van der Waals surface area contributed by atoms with Gasteiger partial charge in [0.05, 0.1) is 19.3 Å². The minimum absolute atomic E-state index is 0.143. The number of aliphatic hydroxyl groups excluding tert-OH is 7. The van der Waals surface area contributed by atoms with Gasteiger partial charge in [0.15, 0.2) is 31.1 Å². The Labute approximate surface area is 229 Å². The van der Waals surface area contributed by atoms with E-state index in [4.69, 9.17) is 28.4 Å². The maximum atomic E-state index is 11.9. The van der Waals surface area contributed by atoms with Gasteiger partial charge >= 0.3 is 11.9 Å². The summed E-state index contributed by atoms with van der Waals surface area (Å²) in [6, 6.07) is 0. The summed E-state index contributed by atoms with van der Waals surface area (Å²) in [4.78, 5) is 23.3. The summed E-state index contributed by atoms with van der Waals surface area (Å²) in [6.07, 6.45) is -21.2. The minimum Gasteiger partial charge on any atom is -0.479 e. The van der Waals surface area contributed by atoms with Crippen LogP contribution in [-0.2, 0) is 38.0 Å². The second-order valence-electron chi connectivity index (χ2n) is 9.64. The Morgan fingerprint density at radius 3 is 2.10 bits per heavy atom. The molecule has 2 heterocycles. The SMILES string of the molecule is CCCO[C@H](OC(C(=O)O)[C@H](CO)O[C@H]1OC(CO)[C@@H](O[C@@H]2OC(C(=O)O)[C@@H](O)C(O)[C@@H]2O)[C@H](O)C1C)[C@H](C)O. The summed E-state index contributed by atoms with van der Waals surface area (Å²) in [6.45, 7) is 2.92. The van der Waals surface area contributed by atoms with Gasteiger partial charge < -0.3 is 74.4 Å². The van der Waals surface area contributed by atoms with E-state index < -0.39 is 111 Å². The van der Waals surface area contributed by atoms with Gasteiger partial charge in [0.1, 0.15) is 42.7 Å². The fourth-order valence-electron chi connectivity index (χ4n) is 4.20. The molecule has 0 aliphatic carbocycles. The van der Waals surface area contributed by atoms with Crippen LogP contribution in [0.25, 0.3) is 0 Å². The third kappa shape index (κ3) is 8.25. The van der Waals surface area contributed by atoms with E-state index in [-0.39, 0.29) is 6.61 Å². The van der Waals surface area contributed by atoms with E-state index in [2.05, 4.69) is 0 Å². The number of carboxylic acid groups (broad SMARTS) is 2. The first-order chi connectivity index (χ1) is 18.8. The van der Waals surface area contributed by atoms with Gasteiger partial charge in [-0.05, 0) is 13.3 Å². The molecule has 2 rings (SSSR count). The molecule has 0 bridgehead atoms. The lowest BCUT2D eigenvalue weighted by atomic mass is 9.91. The van der Waals surface area contributed by atoms with E-state index in [0.717, 1.165) is 0 Å². The van der Waals surface area contributed by atoms with Crippen LogP contribution in [0.5, 0.6) is 0 Å². The number of carboxylic acids is 2. The quantitative estimate of drug-likeness (QED) is 0.0823. The molecule has 5 unspecified atom stereocenters. The number of carbonyl (C=O) groups is 2. The standard InChI is InChI=1S/C23H40O17/c1-4-5-35-22(9(3)26)39-17(19(31)32)11(7-25)37-21-8(2)12(27)16(10(6-24)36-21)38-23-15(30)13(28)14(29)18(40-23)20(33)34/h8-18,21-30H,4-7H2,1-3H3,(H,31,32)(H,33,34)/t8?,9-,10?,11-,12+,13?,14-,15-,16+,17?,18?,21+,22+,23+/m0/s1. The van der Waals surface area contributed by atoms with Crippen molar-refractivity contribution < 1.29 is 84.0 Å². The molecule has 0 aromatic carbocycles. The molecule has 0 saturated carbocycles. The number of aliphatic carboxylic acids is 2. The predicted octanol–water partition coefficient (Wildman–Crippen LogP) is -4.04. The first kappa shape index (κ1) is 34.6. The van der Waals surface area contributed by atoms with Crippen molar-refractivity contribution in [3.63, 3.8) is 0 Å². The van der Waals surface area contributed by atoms with Gasteiger partial charge in [0, 0.05) is 12.5 Å². The lowest BCUT2D eigenvalue weighted by Gasteiger charge is -2.46. The molecule has 2 aliphatic rings. The molecular formula is C23H40O17. The van der Waals surface area contributed by atoms with Crippen LogP contribution in [0.2, 0.25) is 0 Å². The minimum atomic E-state index is -1.98. The molecule has 0 spiro atoms. The lowest BCUT2D eigenvalue weighted by molar-refractivity contribution is -0.356. The van der Waals surface area contributed by atoms with E-state index in [0.29, 0.717) is 6.42 Å². The van der Waals surface area contributed by atoms with Gasteiger partial charge in [-0.25, -0.2) is 9.59 Å². The van der Waals surface area contributed by atoms with Crippen molar-refractivity contribution in [3.8, 4) is 0 Å². The molecule has 0 aromatic heterocycles. The maximum Gasteiger partial charge on any atom is 0.335 e. The normalized spacial score (nSPS) is 37.9. The van der Waals surface area contributed by atoms with Gasteiger partial charge in [-0.2, -0.15) is 0 Å². The predicted molar refractivity (Wildman–Crippen MR) is 126 cm³/mol. The summed E-state index contributed by atoms with van der Waals surface area (Å²) in [5.74, 6) is -4.27. The Bertz CT molecular complexity index is 795. The highest BCUT2D eigenvalue weighted by Crippen LogP contribution is 2.33. The van der Waals surface area contributed by atoms with Crippen LogP contribution in [0.15, 0.2) is 0 Å². The molecule has 0 radical (unpaired) electrons. The van der Waals surface area contributed by atoms with Crippen LogP contribution in [0.3, 0.4) is 0 Å². The summed E-state index contributed by atoms with van der Waals surface area (Å²) in [7, 11) is 0. The molecule has 17 heteroatoms. The van der Waals surface area contributed by atoms with Gasteiger partial charge in [0.25, 0.3) is 0 Å². The number of ether oxygens (including phenoxy) is 6. The first-order valence-corrected chi connectivity index (χ1v) is 12.7. The summed E-state index contributed by atoms with van der Waals surface area (Å²) >= 11 is 0. The molecule has 2 fully saturated rings. The highest BCUT2D eigenvalue weighted by Gasteiger charge is 2.52. The van der Waals surface area contributed by atoms with Gasteiger partial charge in [0.2, 0.25) is 0 Å². The first-order valence-electron chi connectivity index (χ1n) is 12.7. The third-order valence-corrected chi connectivity index (χ3v) is 6.49. The van der Waals surface area contributed by atoms with Crippen LogP contribution >= 0.6 is 0 Å². The Balaban J connectivity index is 2.18. The fourth-order valence-corrected chi connectivity index (χ4v) is 4.20. The molecule has 14 atom stereocenters. The zero-order valence-electron chi connectivity index (χ0n) is 22.2. The second-order valence-corrected chi connectivity index (χ2v) is 9.64. The number of rotatable bonds is 15. The smallest absolute Gasteiger partial charge is 0.335 e. The van der Waals surface area contributed by atoms with E-state index in [1.165, 1.54) is 13.8 Å². The molecule has 9 N–H and O–H groups in total. The van der Waals surface area contributed by atoms with Crippen molar-refractivity contribution in [1.82, 2.24) is 0 Å². The lowest BCUT2D eigenvalue weighted by Crippen LogP contribution is -2.64. The van der Waals surface area contributed by atoms with E-state index in [1.54, 1.807) is 6.92 Å². The molecule has 234 valence electrons.